The van der Waals surface area contributed by atoms with E-state index in [0.717, 1.165) is 44.9 Å². The molecule has 2 saturated carbocycles. The van der Waals surface area contributed by atoms with Gasteiger partial charge in [0.2, 0.25) is 0 Å². The zero-order valence-corrected chi connectivity index (χ0v) is 13.3. The summed E-state index contributed by atoms with van der Waals surface area (Å²) in [6.07, 6.45) is 8.90. The third-order valence-electron chi connectivity index (χ3n) is 5.07. The van der Waals surface area contributed by atoms with Crippen LogP contribution >= 0.6 is 7.37 Å². The van der Waals surface area contributed by atoms with E-state index in [0.29, 0.717) is 12.8 Å². The first-order chi connectivity index (χ1) is 9.49. The Labute approximate surface area is 121 Å². The van der Waals surface area contributed by atoms with Crippen molar-refractivity contribution in [3.05, 3.63) is 0 Å². The Morgan fingerprint density at radius 2 is 1.50 bits per heavy atom. The first-order valence-corrected chi connectivity index (χ1v) is 9.83. The van der Waals surface area contributed by atoms with Gasteiger partial charge < -0.3 is 4.52 Å². The fraction of sp³-hybridized carbons (Fsp3) is 1.00. The predicted molar refractivity (Wildman–Crippen MR) is 77.6 cm³/mol. The van der Waals surface area contributed by atoms with Crippen molar-refractivity contribution >= 4 is 7.37 Å². The minimum absolute atomic E-state index is 0.0764. The Morgan fingerprint density at radius 3 is 2.00 bits per heavy atom. The van der Waals surface area contributed by atoms with E-state index >= 15 is 0 Å². The maximum atomic E-state index is 14.7. The lowest BCUT2D eigenvalue weighted by atomic mass is 9.89. The zero-order chi connectivity index (χ0) is 14.6. The van der Waals surface area contributed by atoms with Crippen molar-refractivity contribution in [2.75, 3.05) is 13.3 Å². The Bertz CT molecular complexity index is 348. The number of halogens is 2. The van der Waals surface area contributed by atoms with E-state index in [-0.39, 0.29) is 12.1 Å². The van der Waals surface area contributed by atoms with E-state index in [1.807, 2.05) is 0 Å². The summed E-state index contributed by atoms with van der Waals surface area (Å²) in [5, 5.41) is 0. The van der Waals surface area contributed by atoms with Crippen LogP contribution in [0.1, 0.15) is 64.2 Å². The highest BCUT2D eigenvalue weighted by Crippen LogP contribution is 2.66. The molecule has 2 nitrogen and oxygen atoms in total. The average molecular weight is 308 g/mol. The smallest absolute Gasteiger partial charge is 0.324 e. The van der Waals surface area contributed by atoms with E-state index in [2.05, 4.69) is 0 Å². The van der Waals surface area contributed by atoms with Crippen molar-refractivity contribution in [3.8, 4) is 0 Å². The van der Waals surface area contributed by atoms with Crippen LogP contribution in [-0.4, -0.2) is 18.9 Å². The molecule has 0 aliphatic heterocycles. The van der Waals surface area contributed by atoms with Gasteiger partial charge in [-0.1, -0.05) is 38.5 Å². The van der Waals surface area contributed by atoms with Crippen LogP contribution in [0.5, 0.6) is 0 Å². The van der Waals surface area contributed by atoms with Gasteiger partial charge in [-0.05, 0) is 31.6 Å². The number of rotatable bonds is 5. The number of hydrogen-bond acceptors (Lipinski definition) is 2. The van der Waals surface area contributed by atoms with Crippen LogP contribution in [0.25, 0.3) is 0 Å². The molecule has 0 saturated heterocycles. The topological polar surface area (TPSA) is 26.3 Å². The molecular weight excluding hydrogens is 281 g/mol. The molecule has 0 aromatic carbocycles. The first kappa shape index (κ1) is 16.4. The molecule has 0 heterocycles. The highest BCUT2D eigenvalue weighted by atomic mass is 31.2. The van der Waals surface area contributed by atoms with Gasteiger partial charge in [-0.2, -0.15) is 8.78 Å². The second kappa shape index (κ2) is 6.87. The van der Waals surface area contributed by atoms with Crippen LogP contribution in [0.2, 0.25) is 0 Å². The molecule has 2 rings (SSSR count). The lowest BCUT2D eigenvalue weighted by Crippen LogP contribution is -2.33. The maximum Gasteiger partial charge on any atom is 0.324 e. The van der Waals surface area contributed by atoms with E-state index in [1.54, 1.807) is 0 Å². The molecule has 0 spiro atoms. The molecule has 0 aromatic heterocycles. The molecule has 0 bridgehead atoms. The fourth-order valence-electron chi connectivity index (χ4n) is 3.76. The summed E-state index contributed by atoms with van der Waals surface area (Å²) in [5.41, 5.74) is -3.14. The van der Waals surface area contributed by atoms with Gasteiger partial charge in [0.25, 0.3) is 7.37 Å². The van der Waals surface area contributed by atoms with Gasteiger partial charge in [-0.15, -0.1) is 0 Å². The molecule has 118 valence electrons. The van der Waals surface area contributed by atoms with Crippen molar-refractivity contribution in [3.63, 3.8) is 0 Å². The summed E-state index contributed by atoms with van der Waals surface area (Å²) in [4.78, 5) is 0. The van der Waals surface area contributed by atoms with Gasteiger partial charge in [0, 0.05) is 19.2 Å². The van der Waals surface area contributed by atoms with Gasteiger partial charge >= 0.3 is 5.66 Å². The number of hydrogen-bond donors (Lipinski definition) is 0. The SMILES string of the molecule is COP(=O)(CC1CCCCC1)C(F)(F)C1CCCCC1. The lowest BCUT2D eigenvalue weighted by molar-refractivity contribution is -0.00566. The van der Waals surface area contributed by atoms with Crippen molar-refractivity contribution < 1.29 is 17.9 Å². The number of alkyl halides is 2. The van der Waals surface area contributed by atoms with Crippen molar-refractivity contribution in [2.24, 2.45) is 11.8 Å². The molecule has 20 heavy (non-hydrogen) atoms. The Kier molecular flexibility index (Phi) is 5.64. The highest BCUT2D eigenvalue weighted by Gasteiger charge is 2.56. The van der Waals surface area contributed by atoms with E-state index in [1.165, 1.54) is 13.5 Å². The van der Waals surface area contributed by atoms with E-state index in [4.69, 9.17) is 4.52 Å². The summed E-state index contributed by atoms with van der Waals surface area (Å²) in [6, 6.07) is 0. The van der Waals surface area contributed by atoms with E-state index in [9.17, 15) is 13.3 Å². The van der Waals surface area contributed by atoms with Crippen molar-refractivity contribution in [2.45, 2.75) is 69.9 Å². The highest BCUT2D eigenvalue weighted by molar-refractivity contribution is 7.60. The predicted octanol–water partition coefficient (Wildman–Crippen LogP) is 5.66. The first-order valence-electron chi connectivity index (χ1n) is 8.02. The molecule has 0 amide bonds. The molecule has 2 aliphatic carbocycles. The summed E-state index contributed by atoms with van der Waals surface area (Å²) >= 11 is 0. The van der Waals surface area contributed by atoms with Gasteiger partial charge in [0.1, 0.15) is 0 Å². The second-order valence-electron chi connectivity index (χ2n) is 6.47. The maximum absolute atomic E-state index is 14.7. The molecule has 0 N–H and O–H groups in total. The van der Waals surface area contributed by atoms with Crippen LogP contribution in [0.15, 0.2) is 0 Å². The normalized spacial score (nSPS) is 26.4. The van der Waals surface area contributed by atoms with Crippen LogP contribution in [-0.2, 0) is 9.09 Å². The third kappa shape index (κ3) is 3.44. The van der Waals surface area contributed by atoms with Gasteiger partial charge in [0.05, 0.1) is 0 Å². The molecule has 5 heteroatoms. The fourth-order valence-corrected chi connectivity index (χ4v) is 6.25. The quantitative estimate of drug-likeness (QED) is 0.612. The van der Waals surface area contributed by atoms with Gasteiger partial charge in [-0.25, -0.2) is 0 Å². The van der Waals surface area contributed by atoms with Crippen molar-refractivity contribution in [1.82, 2.24) is 0 Å². The van der Waals surface area contributed by atoms with Crippen LogP contribution < -0.4 is 0 Å². The van der Waals surface area contributed by atoms with Crippen LogP contribution in [0, 0.1) is 11.8 Å². The van der Waals surface area contributed by atoms with Crippen LogP contribution in [0.3, 0.4) is 0 Å². The monoisotopic (exact) mass is 308 g/mol. The molecule has 2 fully saturated rings. The summed E-state index contributed by atoms with van der Waals surface area (Å²) in [5.74, 6) is -0.588. The molecule has 1 unspecified atom stereocenters. The second-order valence-corrected chi connectivity index (χ2v) is 9.14. The Balaban J connectivity index is 2.08. The minimum atomic E-state index is -3.87. The minimum Gasteiger partial charge on any atom is -0.328 e. The van der Waals surface area contributed by atoms with Crippen molar-refractivity contribution in [1.29, 1.82) is 0 Å². The van der Waals surface area contributed by atoms with E-state index < -0.39 is 19.0 Å². The molecule has 1 atom stereocenters. The summed E-state index contributed by atoms with van der Waals surface area (Å²) in [6.45, 7) is 0. The summed E-state index contributed by atoms with van der Waals surface area (Å²) < 4.78 is 47.2. The zero-order valence-electron chi connectivity index (χ0n) is 12.5. The largest absolute Gasteiger partial charge is 0.328 e. The molecular formula is C15H27F2O2P. The molecule has 0 aromatic rings. The van der Waals surface area contributed by atoms with Crippen LogP contribution in [0.4, 0.5) is 8.78 Å². The Morgan fingerprint density at radius 1 is 1.00 bits per heavy atom. The molecule has 0 radical (unpaired) electrons. The Hall–Kier alpha value is 0.0500. The lowest BCUT2D eigenvalue weighted by Gasteiger charge is -2.36. The third-order valence-corrected chi connectivity index (χ3v) is 7.93. The van der Waals surface area contributed by atoms with Gasteiger partial charge in [-0.3, -0.25) is 4.57 Å². The summed E-state index contributed by atoms with van der Waals surface area (Å²) in [7, 11) is -2.66. The van der Waals surface area contributed by atoms with Gasteiger partial charge in [0.15, 0.2) is 0 Å². The molecule has 2 aliphatic rings. The average Bonchev–Trinajstić information content (AvgIpc) is 2.49. The standard InChI is InChI=1S/C15H27F2O2P/c1-19-20(18,12-13-8-4-2-5-9-13)15(16,17)14-10-6-3-7-11-14/h13-14H,2-12H2,1H3.